The van der Waals surface area contributed by atoms with Gasteiger partial charge in [0.2, 0.25) is 0 Å². The van der Waals surface area contributed by atoms with Crippen molar-refractivity contribution < 1.29 is 0 Å². The molecule has 0 fully saturated rings. The minimum absolute atomic E-state index is 0.326. The molecule has 3 heterocycles. The Kier molecular flexibility index (Phi) is 7.80. The molecule has 0 aliphatic carbocycles. The molecule has 1 aliphatic rings. The predicted molar refractivity (Wildman–Crippen MR) is 230 cm³/mol. The van der Waals surface area contributed by atoms with Gasteiger partial charge in [0.15, 0.2) is 0 Å². The van der Waals surface area contributed by atoms with Gasteiger partial charge < -0.3 is 14.0 Å². The maximum atomic E-state index is 2.50. The zero-order valence-corrected chi connectivity index (χ0v) is 30.7. The Morgan fingerprint density at radius 3 is 1.76 bits per heavy atom. The second kappa shape index (κ2) is 13.1. The van der Waals surface area contributed by atoms with Crippen LogP contribution >= 0.6 is 0 Å². The number of anilines is 2. The van der Waals surface area contributed by atoms with E-state index in [9.17, 15) is 0 Å². The summed E-state index contributed by atoms with van der Waals surface area (Å²) in [5.74, 6) is 0. The summed E-state index contributed by atoms with van der Waals surface area (Å²) < 4.78 is 4.88. The summed E-state index contributed by atoms with van der Waals surface area (Å²) >= 11 is 0. The van der Waals surface area contributed by atoms with E-state index in [1.807, 2.05) is 0 Å². The Hall–Kier alpha value is -6.58. The molecule has 0 saturated carbocycles. The van der Waals surface area contributed by atoms with E-state index < -0.39 is 0 Å². The molecule has 7 aromatic carbocycles. The molecule has 3 nitrogen and oxygen atoms in total. The molecular weight excluding hydrogens is 655 g/mol. The van der Waals surface area contributed by atoms with Gasteiger partial charge in [-0.1, -0.05) is 109 Å². The Morgan fingerprint density at radius 2 is 1.04 bits per heavy atom. The van der Waals surface area contributed by atoms with Crippen LogP contribution in [-0.2, 0) is 6.42 Å². The van der Waals surface area contributed by atoms with Gasteiger partial charge >= 0.3 is 0 Å². The van der Waals surface area contributed by atoms with Crippen LogP contribution in [0.2, 0.25) is 0 Å². The van der Waals surface area contributed by atoms with Gasteiger partial charge in [0.1, 0.15) is 0 Å². The molecule has 3 heteroatoms. The summed E-state index contributed by atoms with van der Waals surface area (Å²) in [5.41, 5.74) is 14.9. The van der Waals surface area contributed by atoms with E-state index >= 15 is 0 Å². The van der Waals surface area contributed by atoms with E-state index in [1.165, 1.54) is 88.5 Å². The van der Waals surface area contributed by atoms with E-state index in [0.717, 1.165) is 13.0 Å². The normalized spacial score (nSPS) is 13.4. The summed E-state index contributed by atoms with van der Waals surface area (Å²) in [7, 11) is 0. The van der Waals surface area contributed by atoms with Gasteiger partial charge in [-0.2, -0.15) is 0 Å². The Bertz CT molecular complexity index is 2900. The Morgan fingerprint density at radius 1 is 0.481 bits per heavy atom. The molecule has 0 amide bonds. The van der Waals surface area contributed by atoms with Gasteiger partial charge in [-0.15, -0.1) is 0 Å². The standard InChI is InChI=1S/C51H41N3/c1-35(2)53-49-28-25-38(36-15-13-31-52(41-16-5-3-6-17-41)47-21-11-9-14-37(47)24-23-36)32-45(49)46-34-40(26-29-50(46)53)39-27-30-51-44(33-39)43-20-10-12-22-48(43)54(51)42-18-7-4-8-19-42/h3-23,25-30,32-35H,24,31H2,1-2H3. The lowest BCUT2D eigenvalue weighted by molar-refractivity contribution is 0.642. The smallest absolute Gasteiger partial charge is 0.0541 e. The second-order valence-electron chi connectivity index (χ2n) is 14.7. The minimum atomic E-state index is 0.326. The van der Waals surface area contributed by atoms with Crippen molar-refractivity contribution in [2.45, 2.75) is 26.3 Å². The zero-order chi connectivity index (χ0) is 36.2. The first kappa shape index (κ1) is 32.1. The minimum Gasteiger partial charge on any atom is -0.338 e. The van der Waals surface area contributed by atoms with E-state index in [4.69, 9.17) is 0 Å². The van der Waals surface area contributed by atoms with Crippen molar-refractivity contribution in [2.24, 2.45) is 0 Å². The molecular formula is C51H41N3. The van der Waals surface area contributed by atoms with Gasteiger partial charge in [-0.25, -0.2) is 0 Å². The lowest BCUT2D eigenvalue weighted by Crippen LogP contribution is -2.18. The largest absolute Gasteiger partial charge is 0.338 e. The summed E-state index contributed by atoms with van der Waals surface area (Å²) in [4.78, 5) is 2.42. The van der Waals surface area contributed by atoms with Crippen molar-refractivity contribution >= 4 is 60.6 Å². The van der Waals surface area contributed by atoms with Crippen molar-refractivity contribution in [1.82, 2.24) is 9.13 Å². The third kappa shape index (κ3) is 5.35. The third-order valence-electron chi connectivity index (χ3n) is 11.1. The van der Waals surface area contributed by atoms with Gasteiger partial charge in [0, 0.05) is 62.2 Å². The summed E-state index contributed by atoms with van der Waals surface area (Å²) in [6.45, 7) is 5.37. The highest BCUT2D eigenvalue weighted by molar-refractivity contribution is 6.12. The number of para-hydroxylation sites is 4. The highest BCUT2D eigenvalue weighted by atomic mass is 15.1. The number of hydrogen-bond acceptors (Lipinski definition) is 1. The van der Waals surface area contributed by atoms with E-state index in [2.05, 4.69) is 210 Å². The number of allylic oxidation sites excluding steroid dienone is 3. The van der Waals surface area contributed by atoms with Gasteiger partial charge in [-0.05, 0) is 121 Å². The summed E-state index contributed by atoms with van der Waals surface area (Å²) in [6, 6.07) is 60.4. The number of nitrogens with zero attached hydrogens (tertiary/aromatic N) is 3. The monoisotopic (exact) mass is 695 g/mol. The van der Waals surface area contributed by atoms with Crippen molar-refractivity contribution in [3.8, 4) is 16.8 Å². The van der Waals surface area contributed by atoms with Gasteiger partial charge in [0.05, 0.1) is 11.0 Å². The van der Waals surface area contributed by atoms with Crippen molar-refractivity contribution in [3.05, 3.63) is 193 Å². The summed E-state index contributed by atoms with van der Waals surface area (Å²) in [6.07, 6.45) is 7.89. The van der Waals surface area contributed by atoms with Crippen LogP contribution in [0.5, 0.6) is 0 Å². The highest BCUT2D eigenvalue weighted by Gasteiger charge is 2.18. The number of benzene rings is 7. The topological polar surface area (TPSA) is 13.1 Å². The fraction of sp³-hybridized carbons (Fsp3) is 0.0980. The van der Waals surface area contributed by atoms with Crippen LogP contribution in [0.3, 0.4) is 0 Å². The summed E-state index contributed by atoms with van der Waals surface area (Å²) in [5, 5.41) is 5.12. The van der Waals surface area contributed by atoms with Crippen molar-refractivity contribution in [2.75, 3.05) is 11.4 Å². The van der Waals surface area contributed by atoms with Gasteiger partial charge in [0.25, 0.3) is 0 Å². The van der Waals surface area contributed by atoms with Crippen LogP contribution in [0.15, 0.2) is 182 Å². The molecule has 9 aromatic rings. The molecule has 2 aromatic heterocycles. The fourth-order valence-corrected chi connectivity index (χ4v) is 8.66. The quantitative estimate of drug-likeness (QED) is 0.175. The number of aromatic nitrogens is 2. The first-order valence-corrected chi connectivity index (χ1v) is 19.1. The second-order valence-corrected chi connectivity index (χ2v) is 14.7. The van der Waals surface area contributed by atoms with E-state index in [1.54, 1.807) is 0 Å². The molecule has 0 spiro atoms. The fourth-order valence-electron chi connectivity index (χ4n) is 8.66. The first-order chi connectivity index (χ1) is 26.6. The zero-order valence-electron chi connectivity index (χ0n) is 30.7. The Labute approximate surface area is 316 Å². The SMILES string of the molecule is CC(C)n1c2ccc(C3=CCc4ccccc4N(c4ccccc4)CC=C3)cc2c2cc(-c3ccc4c(c3)c3ccccc3n4-c3ccccc3)ccc21. The van der Waals surface area contributed by atoms with Gasteiger partial charge in [-0.3, -0.25) is 0 Å². The molecule has 0 atom stereocenters. The van der Waals surface area contributed by atoms with Crippen LogP contribution in [0.1, 0.15) is 31.0 Å². The molecule has 54 heavy (non-hydrogen) atoms. The molecule has 1 aliphatic heterocycles. The molecule has 0 N–H and O–H groups in total. The molecule has 0 bridgehead atoms. The lowest BCUT2D eigenvalue weighted by Gasteiger charge is -2.25. The third-order valence-corrected chi connectivity index (χ3v) is 11.1. The highest BCUT2D eigenvalue weighted by Crippen LogP contribution is 2.39. The maximum Gasteiger partial charge on any atom is 0.0541 e. The average molecular weight is 696 g/mol. The first-order valence-electron chi connectivity index (χ1n) is 19.1. The number of rotatable bonds is 5. The molecule has 0 saturated heterocycles. The predicted octanol–water partition coefficient (Wildman–Crippen LogP) is 13.5. The van der Waals surface area contributed by atoms with Crippen LogP contribution in [0.25, 0.3) is 66.0 Å². The van der Waals surface area contributed by atoms with E-state index in [0.29, 0.717) is 6.04 Å². The molecule has 0 unspecified atom stereocenters. The van der Waals surface area contributed by atoms with E-state index in [-0.39, 0.29) is 0 Å². The van der Waals surface area contributed by atoms with Crippen molar-refractivity contribution in [3.63, 3.8) is 0 Å². The average Bonchev–Trinajstić information content (AvgIpc) is 3.76. The molecule has 10 rings (SSSR count). The molecule has 0 radical (unpaired) electrons. The van der Waals surface area contributed by atoms with Crippen LogP contribution in [-0.4, -0.2) is 15.7 Å². The van der Waals surface area contributed by atoms with Crippen LogP contribution in [0, 0.1) is 0 Å². The number of hydrogen-bond donors (Lipinski definition) is 0. The van der Waals surface area contributed by atoms with Crippen LogP contribution in [0.4, 0.5) is 11.4 Å². The Balaban J connectivity index is 1.09. The maximum absolute atomic E-state index is 2.50. The van der Waals surface area contributed by atoms with Crippen LogP contribution < -0.4 is 4.90 Å². The van der Waals surface area contributed by atoms with Crippen molar-refractivity contribution in [1.29, 1.82) is 0 Å². The lowest BCUT2D eigenvalue weighted by atomic mass is 9.98. The number of fused-ring (bicyclic) bond motifs is 7. The molecule has 260 valence electrons.